The van der Waals surface area contributed by atoms with E-state index in [-0.39, 0.29) is 12.3 Å². The fraction of sp³-hybridized carbons (Fsp3) is 0.200. The van der Waals surface area contributed by atoms with Crippen molar-refractivity contribution < 1.29 is 9.15 Å². The number of benzene rings is 1. The summed E-state index contributed by atoms with van der Waals surface area (Å²) in [6, 6.07) is 14.1. The average molecular weight is 410 g/mol. The van der Waals surface area contributed by atoms with Crippen molar-refractivity contribution in [3.8, 4) is 5.75 Å². The normalized spacial score (nSPS) is 21.0. The minimum atomic E-state index is -0.287. The number of aryl methyl sites for hydroxylation is 1. The Balaban J connectivity index is 1.61. The molecule has 2 atom stereocenters. The highest BCUT2D eigenvalue weighted by Gasteiger charge is 2.41. The molecule has 2 aromatic heterocycles. The van der Waals surface area contributed by atoms with Crippen LogP contribution in [0.2, 0.25) is 0 Å². The van der Waals surface area contributed by atoms with Crippen molar-refractivity contribution in [1.29, 1.82) is 0 Å². The number of hydrogen-bond donors (Lipinski definition) is 0. The number of hydrazone groups is 1. The van der Waals surface area contributed by atoms with Gasteiger partial charge in [-0.05, 0) is 49.4 Å². The van der Waals surface area contributed by atoms with Gasteiger partial charge in [-0.2, -0.15) is 5.10 Å². The molecule has 0 radical (unpaired) electrons. The summed E-state index contributed by atoms with van der Waals surface area (Å²) in [6.45, 7) is 1.95. The maximum Gasteiger partial charge on any atom is 0.213 e. The predicted molar refractivity (Wildman–Crippen MR) is 101 cm³/mol. The Morgan fingerprint density at radius 1 is 1.12 bits per heavy atom. The van der Waals surface area contributed by atoms with Crippen LogP contribution in [0.1, 0.15) is 41.3 Å². The summed E-state index contributed by atoms with van der Waals surface area (Å²) in [5.74, 6) is 2.60. The quantitative estimate of drug-likeness (QED) is 0.598. The lowest BCUT2D eigenvalue weighted by atomic mass is 9.97. The van der Waals surface area contributed by atoms with Crippen LogP contribution in [0.3, 0.4) is 0 Å². The zero-order valence-corrected chi connectivity index (χ0v) is 15.7. The molecule has 0 fully saturated rings. The monoisotopic (exact) mass is 409 g/mol. The molecule has 0 amide bonds. The van der Waals surface area contributed by atoms with Gasteiger partial charge in [-0.25, -0.2) is 5.01 Å². The van der Waals surface area contributed by atoms with Crippen molar-refractivity contribution in [2.24, 2.45) is 5.10 Å². The van der Waals surface area contributed by atoms with Gasteiger partial charge in [0.2, 0.25) is 6.23 Å². The molecule has 130 valence electrons. The summed E-state index contributed by atoms with van der Waals surface area (Å²) < 4.78 is 13.2. The lowest BCUT2D eigenvalue weighted by molar-refractivity contribution is -0.0191. The van der Waals surface area contributed by atoms with E-state index >= 15 is 0 Å². The van der Waals surface area contributed by atoms with Crippen LogP contribution in [0.25, 0.3) is 0 Å². The Hall–Kier alpha value is -2.60. The zero-order chi connectivity index (χ0) is 17.7. The molecule has 26 heavy (non-hydrogen) atoms. The molecule has 2 aliphatic heterocycles. The Bertz CT molecular complexity index is 999. The van der Waals surface area contributed by atoms with Crippen LogP contribution in [0.15, 0.2) is 68.8 Å². The molecule has 0 saturated heterocycles. The maximum atomic E-state index is 6.32. The molecule has 6 heteroatoms. The highest BCUT2D eigenvalue weighted by atomic mass is 79.9. The van der Waals surface area contributed by atoms with Crippen molar-refractivity contribution in [2.45, 2.75) is 25.6 Å². The molecule has 5 nitrogen and oxygen atoms in total. The van der Waals surface area contributed by atoms with Crippen LogP contribution in [0.4, 0.5) is 0 Å². The SMILES string of the molecule is Cc1ccc(C2=NN3[C@@H](c4ccncc4)Oc4ccc(Br)cc4[C@@H]3C2)o1. The Morgan fingerprint density at radius 2 is 1.96 bits per heavy atom. The standard InChI is InChI=1S/C20H16BrN3O2/c1-12-2-4-19(25-12)16-11-17-15-10-14(21)3-5-18(15)26-20(24(17)23-16)13-6-8-22-9-7-13/h2-10,17,20H,11H2,1H3/t17-,20+/m0/s1. The number of aromatic nitrogens is 1. The first kappa shape index (κ1) is 15.6. The number of nitrogens with zero attached hydrogens (tertiary/aromatic N) is 3. The second-order valence-electron chi connectivity index (χ2n) is 6.49. The fourth-order valence-corrected chi connectivity index (χ4v) is 3.92. The number of pyridine rings is 1. The largest absolute Gasteiger partial charge is 0.464 e. The topological polar surface area (TPSA) is 50.9 Å². The molecule has 0 saturated carbocycles. The van der Waals surface area contributed by atoms with Gasteiger partial charge in [0, 0.05) is 34.4 Å². The van der Waals surface area contributed by atoms with Crippen LogP contribution >= 0.6 is 15.9 Å². The smallest absolute Gasteiger partial charge is 0.213 e. The highest BCUT2D eigenvalue weighted by Crippen LogP contribution is 2.48. The van der Waals surface area contributed by atoms with Crippen LogP contribution in [-0.2, 0) is 0 Å². The minimum absolute atomic E-state index is 0.106. The predicted octanol–water partition coefficient (Wildman–Crippen LogP) is 4.99. The second-order valence-corrected chi connectivity index (χ2v) is 7.41. The number of hydrogen-bond acceptors (Lipinski definition) is 5. The highest BCUT2D eigenvalue weighted by molar-refractivity contribution is 9.10. The van der Waals surface area contributed by atoms with E-state index in [1.54, 1.807) is 12.4 Å². The lowest BCUT2D eigenvalue weighted by Crippen LogP contribution is -2.33. The van der Waals surface area contributed by atoms with E-state index in [9.17, 15) is 0 Å². The number of ether oxygens (including phenoxy) is 1. The first-order valence-electron chi connectivity index (χ1n) is 8.48. The minimum Gasteiger partial charge on any atom is -0.464 e. The van der Waals surface area contributed by atoms with Gasteiger partial charge in [0.15, 0.2) is 0 Å². The van der Waals surface area contributed by atoms with E-state index in [4.69, 9.17) is 14.3 Å². The molecule has 0 bridgehead atoms. The molecule has 1 aromatic carbocycles. The van der Waals surface area contributed by atoms with Crippen molar-refractivity contribution in [1.82, 2.24) is 9.99 Å². The van der Waals surface area contributed by atoms with Crippen molar-refractivity contribution in [2.75, 3.05) is 0 Å². The first-order chi connectivity index (χ1) is 12.7. The van der Waals surface area contributed by atoms with Gasteiger partial charge >= 0.3 is 0 Å². The zero-order valence-electron chi connectivity index (χ0n) is 14.1. The van der Waals surface area contributed by atoms with Gasteiger partial charge in [0.25, 0.3) is 0 Å². The fourth-order valence-electron chi connectivity index (χ4n) is 3.54. The van der Waals surface area contributed by atoms with Crippen molar-refractivity contribution in [3.05, 3.63) is 82.0 Å². The number of rotatable bonds is 2. The summed E-state index contributed by atoms with van der Waals surface area (Å²) in [5.41, 5.74) is 3.10. The molecule has 0 aliphatic carbocycles. The van der Waals surface area contributed by atoms with Gasteiger partial charge in [-0.3, -0.25) is 4.98 Å². The summed E-state index contributed by atoms with van der Waals surface area (Å²) in [6.07, 6.45) is 4.05. The van der Waals surface area contributed by atoms with Crippen molar-refractivity contribution in [3.63, 3.8) is 0 Å². The van der Waals surface area contributed by atoms with E-state index in [2.05, 4.69) is 27.0 Å². The second kappa shape index (κ2) is 5.99. The summed E-state index contributed by atoms with van der Waals surface area (Å²) in [4.78, 5) is 4.12. The van der Waals surface area contributed by atoms with Gasteiger partial charge in [-0.15, -0.1) is 0 Å². The third kappa shape index (κ3) is 2.52. The molecule has 3 aromatic rings. The van der Waals surface area contributed by atoms with Crippen LogP contribution in [-0.4, -0.2) is 15.7 Å². The van der Waals surface area contributed by atoms with E-state index in [0.717, 1.165) is 45.0 Å². The first-order valence-corrected chi connectivity index (χ1v) is 9.27. The van der Waals surface area contributed by atoms with E-state index in [1.807, 2.05) is 48.3 Å². The number of halogens is 1. The summed E-state index contributed by atoms with van der Waals surface area (Å²) in [5, 5.41) is 6.91. The van der Waals surface area contributed by atoms with Crippen molar-refractivity contribution >= 4 is 21.6 Å². The average Bonchev–Trinajstić information content (AvgIpc) is 3.28. The molecular formula is C20H16BrN3O2. The lowest BCUT2D eigenvalue weighted by Gasteiger charge is -2.38. The van der Waals surface area contributed by atoms with Gasteiger partial charge in [0.1, 0.15) is 23.0 Å². The van der Waals surface area contributed by atoms with Crippen LogP contribution in [0.5, 0.6) is 5.75 Å². The van der Waals surface area contributed by atoms with Gasteiger partial charge in [-0.1, -0.05) is 15.9 Å². The molecule has 2 aliphatic rings. The van der Waals surface area contributed by atoms with E-state index in [0.29, 0.717) is 0 Å². The van der Waals surface area contributed by atoms with E-state index in [1.165, 1.54) is 0 Å². The molecule has 0 unspecified atom stereocenters. The molecule has 0 N–H and O–H groups in total. The van der Waals surface area contributed by atoms with Gasteiger partial charge < -0.3 is 9.15 Å². The number of furan rings is 1. The van der Waals surface area contributed by atoms with E-state index < -0.39 is 0 Å². The molecule has 5 rings (SSSR count). The molecule has 0 spiro atoms. The third-order valence-corrected chi connectivity index (χ3v) is 5.26. The van der Waals surface area contributed by atoms with Crippen LogP contribution < -0.4 is 4.74 Å². The Morgan fingerprint density at radius 3 is 2.73 bits per heavy atom. The molecule has 4 heterocycles. The maximum absolute atomic E-state index is 6.32. The van der Waals surface area contributed by atoms with Crippen LogP contribution in [0, 0.1) is 6.92 Å². The van der Waals surface area contributed by atoms with Gasteiger partial charge in [0.05, 0.1) is 6.04 Å². The Kier molecular flexibility index (Phi) is 3.60. The Labute approximate surface area is 159 Å². The summed E-state index contributed by atoms with van der Waals surface area (Å²) >= 11 is 3.57. The molecular weight excluding hydrogens is 394 g/mol. The third-order valence-electron chi connectivity index (χ3n) is 4.77. The summed E-state index contributed by atoms with van der Waals surface area (Å²) in [7, 11) is 0. The number of fused-ring (bicyclic) bond motifs is 3.